The Morgan fingerprint density at radius 3 is 3.00 bits per heavy atom. The number of thiophene rings is 1. The average Bonchev–Trinajstić information content (AvgIpc) is 2.93. The summed E-state index contributed by atoms with van der Waals surface area (Å²) in [5.41, 5.74) is 1.35. The SMILES string of the molecule is Fc1ccc2cc(C3=C(C4CC4)SC4=NCCN43)sc2c1. The van der Waals surface area contributed by atoms with E-state index in [2.05, 4.69) is 16.0 Å². The molecule has 0 saturated heterocycles. The van der Waals surface area contributed by atoms with Gasteiger partial charge in [-0.25, -0.2) is 4.39 Å². The van der Waals surface area contributed by atoms with Crippen LogP contribution in [0.4, 0.5) is 4.39 Å². The van der Waals surface area contributed by atoms with Crippen LogP contribution in [-0.2, 0) is 0 Å². The molecule has 0 bridgehead atoms. The highest BCUT2D eigenvalue weighted by atomic mass is 32.2. The smallest absolute Gasteiger partial charge is 0.168 e. The maximum Gasteiger partial charge on any atom is 0.168 e. The number of benzene rings is 1. The molecule has 1 aliphatic carbocycles. The van der Waals surface area contributed by atoms with Crippen molar-refractivity contribution in [3.05, 3.63) is 39.9 Å². The van der Waals surface area contributed by atoms with E-state index in [0.29, 0.717) is 0 Å². The summed E-state index contributed by atoms with van der Waals surface area (Å²) in [7, 11) is 0. The predicted molar refractivity (Wildman–Crippen MR) is 88.0 cm³/mol. The van der Waals surface area contributed by atoms with Crippen LogP contribution in [0.2, 0.25) is 0 Å². The second kappa shape index (κ2) is 4.34. The molecule has 1 saturated carbocycles. The number of rotatable bonds is 2. The molecule has 1 aromatic heterocycles. The molecule has 5 heteroatoms. The van der Waals surface area contributed by atoms with Crippen molar-refractivity contribution in [3.8, 4) is 0 Å². The highest BCUT2D eigenvalue weighted by molar-refractivity contribution is 8.17. The first kappa shape index (κ1) is 12.2. The lowest BCUT2D eigenvalue weighted by molar-refractivity contribution is 0.630. The minimum Gasteiger partial charge on any atom is -0.317 e. The number of allylic oxidation sites excluding steroid dienone is 1. The van der Waals surface area contributed by atoms with Gasteiger partial charge in [-0.1, -0.05) is 17.8 Å². The first-order chi connectivity index (χ1) is 10.3. The topological polar surface area (TPSA) is 15.6 Å². The Morgan fingerprint density at radius 2 is 2.14 bits per heavy atom. The van der Waals surface area contributed by atoms with Crippen molar-refractivity contribution in [2.75, 3.05) is 13.1 Å². The summed E-state index contributed by atoms with van der Waals surface area (Å²) in [6.45, 7) is 1.87. The van der Waals surface area contributed by atoms with Crippen LogP contribution in [-0.4, -0.2) is 23.2 Å². The Morgan fingerprint density at radius 1 is 1.24 bits per heavy atom. The van der Waals surface area contributed by atoms with Crippen LogP contribution in [0.25, 0.3) is 15.8 Å². The number of aliphatic imine (C=N–C) groups is 1. The lowest BCUT2D eigenvalue weighted by Crippen LogP contribution is -2.19. The van der Waals surface area contributed by atoms with Gasteiger partial charge in [-0.15, -0.1) is 11.3 Å². The number of nitrogens with zero attached hydrogens (tertiary/aromatic N) is 2. The Balaban J connectivity index is 1.68. The van der Waals surface area contributed by atoms with Crippen molar-refractivity contribution in [1.29, 1.82) is 0 Å². The van der Waals surface area contributed by atoms with Crippen molar-refractivity contribution >= 4 is 44.0 Å². The standard InChI is InChI=1S/C16H13FN2S2/c17-11-4-3-10-7-13(20-12(10)8-11)14-15(9-1-2-9)21-16-18-5-6-19(14)16/h3-4,7-9H,1-2,5-6H2. The van der Waals surface area contributed by atoms with Gasteiger partial charge in [0, 0.05) is 16.1 Å². The quantitative estimate of drug-likeness (QED) is 0.808. The van der Waals surface area contributed by atoms with Gasteiger partial charge >= 0.3 is 0 Å². The van der Waals surface area contributed by atoms with Gasteiger partial charge in [-0.2, -0.15) is 0 Å². The molecule has 0 unspecified atom stereocenters. The summed E-state index contributed by atoms with van der Waals surface area (Å²) < 4.78 is 14.4. The van der Waals surface area contributed by atoms with Gasteiger partial charge < -0.3 is 4.90 Å². The van der Waals surface area contributed by atoms with E-state index in [0.717, 1.165) is 34.3 Å². The summed E-state index contributed by atoms with van der Waals surface area (Å²) in [6, 6.07) is 7.27. The van der Waals surface area contributed by atoms with E-state index < -0.39 is 0 Å². The molecule has 0 atom stereocenters. The molecule has 1 fully saturated rings. The molecule has 1 aromatic carbocycles. The molecular weight excluding hydrogens is 303 g/mol. The van der Waals surface area contributed by atoms with E-state index in [1.165, 1.54) is 28.3 Å². The Hall–Kier alpha value is -1.33. The molecule has 0 radical (unpaired) electrons. The summed E-state index contributed by atoms with van der Waals surface area (Å²) in [4.78, 5) is 9.72. The third kappa shape index (κ3) is 1.87. The number of hydrogen-bond donors (Lipinski definition) is 0. The van der Waals surface area contributed by atoms with E-state index in [1.807, 2.05) is 17.8 Å². The summed E-state index contributed by atoms with van der Waals surface area (Å²) >= 11 is 3.55. The van der Waals surface area contributed by atoms with Gasteiger partial charge in [-0.3, -0.25) is 4.99 Å². The fourth-order valence-corrected chi connectivity index (χ4v) is 5.58. The minimum absolute atomic E-state index is 0.156. The van der Waals surface area contributed by atoms with E-state index >= 15 is 0 Å². The van der Waals surface area contributed by atoms with E-state index in [9.17, 15) is 4.39 Å². The van der Waals surface area contributed by atoms with Gasteiger partial charge in [0.05, 0.1) is 17.1 Å². The Kier molecular flexibility index (Phi) is 2.53. The van der Waals surface area contributed by atoms with Crippen LogP contribution in [0, 0.1) is 11.7 Å². The zero-order valence-corrected chi connectivity index (χ0v) is 12.9. The van der Waals surface area contributed by atoms with E-state index in [-0.39, 0.29) is 5.82 Å². The first-order valence-corrected chi connectivity index (χ1v) is 8.86. The van der Waals surface area contributed by atoms with Crippen molar-refractivity contribution in [1.82, 2.24) is 4.90 Å². The Bertz CT molecular complexity index is 817. The van der Waals surface area contributed by atoms with Gasteiger partial charge in [0.15, 0.2) is 5.17 Å². The van der Waals surface area contributed by atoms with Crippen LogP contribution in [0.5, 0.6) is 0 Å². The molecule has 0 N–H and O–H groups in total. The fourth-order valence-electron chi connectivity index (χ4n) is 3.00. The first-order valence-electron chi connectivity index (χ1n) is 7.23. The molecule has 2 aromatic rings. The molecule has 3 aliphatic rings. The van der Waals surface area contributed by atoms with E-state index in [1.54, 1.807) is 23.5 Å². The third-order valence-corrected chi connectivity index (χ3v) is 6.55. The lowest BCUT2D eigenvalue weighted by Gasteiger charge is -2.15. The molecule has 3 heterocycles. The largest absolute Gasteiger partial charge is 0.317 e. The highest BCUT2D eigenvalue weighted by Gasteiger charge is 2.40. The van der Waals surface area contributed by atoms with E-state index in [4.69, 9.17) is 0 Å². The van der Waals surface area contributed by atoms with Crippen LogP contribution in [0.3, 0.4) is 0 Å². The zero-order chi connectivity index (χ0) is 14.0. The maximum atomic E-state index is 13.4. The molecule has 21 heavy (non-hydrogen) atoms. The minimum atomic E-state index is -0.156. The number of halogens is 1. The number of thioether (sulfide) groups is 1. The second-order valence-electron chi connectivity index (χ2n) is 5.70. The van der Waals surface area contributed by atoms with Gasteiger partial charge in [0.1, 0.15) is 5.82 Å². The lowest BCUT2D eigenvalue weighted by atomic mass is 10.2. The third-order valence-electron chi connectivity index (χ3n) is 4.17. The van der Waals surface area contributed by atoms with Crippen LogP contribution in [0.1, 0.15) is 17.7 Å². The monoisotopic (exact) mass is 316 g/mol. The average molecular weight is 316 g/mol. The van der Waals surface area contributed by atoms with Crippen molar-refractivity contribution in [2.24, 2.45) is 10.9 Å². The van der Waals surface area contributed by atoms with Crippen molar-refractivity contribution in [3.63, 3.8) is 0 Å². The number of fused-ring (bicyclic) bond motifs is 2. The van der Waals surface area contributed by atoms with Crippen molar-refractivity contribution < 1.29 is 4.39 Å². The van der Waals surface area contributed by atoms with Crippen molar-refractivity contribution in [2.45, 2.75) is 12.8 Å². The molecule has 0 amide bonds. The number of hydrogen-bond acceptors (Lipinski definition) is 4. The predicted octanol–water partition coefficient (Wildman–Crippen LogP) is 4.54. The summed E-state index contributed by atoms with van der Waals surface area (Å²) in [5, 5.41) is 2.30. The van der Waals surface area contributed by atoms with Gasteiger partial charge in [0.25, 0.3) is 0 Å². The summed E-state index contributed by atoms with van der Waals surface area (Å²) in [6.07, 6.45) is 2.60. The molecule has 106 valence electrons. The maximum absolute atomic E-state index is 13.4. The highest BCUT2D eigenvalue weighted by Crippen LogP contribution is 2.53. The second-order valence-corrected chi connectivity index (χ2v) is 7.79. The van der Waals surface area contributed by atoms with Crippen LogP contribution >= 0.6 is 23.1 Å². The van der Waals surface area contributed by atoms with Crippen LogP contribution in [0.15, 0.2) is 34.2 Å². The molecule has 5 rings (SSSR count). The fraction of sp³-hybridized carbons (Fsp3) is 0.312. The molecular formula is C16H13FN2S2. The molecule has 2 nitrogen and oxygen atoms in total. The van der Waals surface area contributed by atoms with Crippen LogP contribution < -0.4 is 0 Å². The zero-order valence-electron chi connectivity index (χ0n) is 11.3. The summed E-state index contributed by atoms with van der Waals surface area (Å²) in [5.74, 6) is 0.566. The van der Waals surface area contributed by atoms with Gasteiger partial charge in [-0.05, 0) is 42.3 Å². The van der Waals surface area contributed by atoms with Gasteiger partial charge in [0.2, 0.25) is 0 Å². The normalized spacial score (nSPS) is 21.4. The molecule has 0 spiro atoms. The number of amidine groups is 1. The molecule has 2 aliphatic heterocycles. The Labute approximate surface area is 130 Å².